The van der Waals surface area contributed by atoms with Crippen LogP contribution in [0.25, 0.3) is 5.76 Å². The number of ether oxygens (including phenoxy) is 3. The van der Waals surface area contributed by atoms with Crippen LogP contribution in [0.3, 0.4) is 0 Å². The smallest absolute Gasteiger partial charge is 0.295 e. The molecular formula is C30H31NO6. The molecule has 4 rings (SSSR count). The van der Waals surface area contributed by atoms with Gasteiger partial charge >= 0.3 is 0 Å². The molecule has 3 aromatic rings. The molecule has 192 valence electrons. The van der Waals surface area contributed by atoms with E-state index in [0.717, 1.165) is 12.0 Å². The van der Waals surface area contributed by atoms with Gasteiger partial charge in [-0.1, -0.05) is 43.3 Å². The van der Waals surface area contributed by atoms with Gasteiger partial charge in [0.15, 0.2) is 11.5 Å². The van der Waals surface area contributed by atoms with Crippen LogP contribution in [0.4, 0.5) is 0 Å². The van der Waals surface area contributed by atoms with Gasteiger partial charge in [-0.05, 0) is 60.9 Å². The molecule has 0 aromatic heterocycles. The van der Waals surface area contributed by atoms with Crippen molar-refractivity contribution in [3.8, 4) is 17.2 Å². The quantitative estimate of drug-likeness (QED) is 0.224. The number of methoxy groups -OCH3 is 1. The number of carbonyl (C=O) groups excluding carboxylic acids is 2. The van der Waals surface area contributed by atoms with Crippen LogP contribution >= 0.6 is 0 Å². The standard InChI is InChI=1S/C30H31NO6/c1-4-17-37-23-14-11-21(12-15-23)28(32)26-27(22-13-16-24(36-5-2)25(18-22)35-3)31(30(34)29(26)33)19-20-9-7-6-8-10-20/h6-16,18,27,32H,4-5,17,19H2,1-3H3/b28-26+. The Balaban J connectivity index is 1.82. The summed E-state index contributed by atoms with van der Waals surface area (Å²) in [5.74, 6) is 0.0341. The molecule has 3 aromatic carbocycles. The monoisotopic (exact) mass is 501 g/mol. The van der Waals surface area contributed by atoms with Gasteiger partial charge in [0.25, 0.3) is 11.7 Å². The first-order valence-corrected chi connectivity index (χ1v) is 12.3. The highest BCUT2D eigenvalue weighted by molar-refractivity contribution is 6.46. The molecule has 1 unspecified atom stereocenters. The molecule has 1 heterocycles. The van der Waals surface area contributed by atoms with Crippen molar-refractivity contribution < 1.29 is 28.9 Å². The van der Waals surface area contributed by atoms with Crippen LogP contribution in [0.2, 0.25) is 0 Å². The molecule has 0 saturated carbocycles. The molecule has 0 bridgehead atoms. The van der Waals surface area contributed by atoms with E-state index in [4.69, 9.17) is 14.2 Å². The molecule has 7 heteroatoms. The number of Topliss-reactive ketones (excluding diaryl/α,β-unsaturated/α-hetero) is 1. The van der Waals surface area contributed by atoms with E-state index in [0.29, 0.717) is 41.6 Å². The Hall–Kier alpha value is -4.26. The van der Waals surface area contributed by atoms with Crippen LogP contribution < -0.4 is 14.2 Å². The first kappa shape index (κ1) is 25.8. The lowest BCUT2D eigenvalue weighted by atomic mass is 9.94. The molecule has 0 spiro atoms. The van der Waals surface area contributed by atoms with E-state index < -0.39 is 17.7 Å². The van der Waals surface area contributed by atoms with Gasteiger partial charge in [0, 0.05) is 12.1 Å². The average Bonchev–Trinajstić information content (AvgIpc) is 3.17. The number of hydrogen-bond donors (Lipinski definition) is 1. The van der Waals surface area contributed by atoms with Crippen molar-refractivity contribution in [3.05, 3.63) is 95.1 Å². The van der Waals surface area contributed by atoms with E-state index >= 15 is 0 Å². The van der Waals surface area contributed by atoms with Gasteiger partial charge in [0.1, 0.15) is 11.5 Å². The number of rotatable bonds is 10. The fourth-order valence-corrected chi connectivity index (χ4v) is 4.38. The Bertz CT molecular complexity index is 1280. The molecule has 0 radical (unpaired) electrons. The summed E-state index contributed by atoms with van der Waals surface area (Å²) in [6.07, 6.45) is 0.873. The zero-order valence-electron chi connectivity index (χ0n) is 21.3. The Kier molecular flexibility index (Phi) is 8.13. The number of amides is 1. The maximum Gasteiger partial charge on any atom is 0.295 e. The van der Waals surface area contributed by atoms with Crippen LogP contribution in [0.15, 0.2) is 78.4 Å². The zero-order valence-corrected chi connectivity index (χ0v) is 21.3. The summed E-state index contributed by atoms with van der Waals surface area (Å²) in [5, 5.41) is 11.3. The molecule has 1 aliphatic heterocycles. The lowest BCUT2D eigenvalue weighted by molar-refractivity contribution is -0.140. The van der Waals surface area contributed by atoms with Crippen molar-refractivity contribution in [2.75, 3.05) is 20.3 Å². The third-order valence-electron chi connectivity index (χ3n) is 6.14. The molecule has 7 nitrogen and oxygen atoms in total. The Morgan fingerprint density at radius 1 is 0.919 bits per heavy atom. The second kappa shape index (κ2) is 11.6. The number of ketones is 1. The summed E-state index contributed by atoms with van der Waals surface area (Å²) in [6, 6.07) is 20.7. The van der Waals surface area contributed by atoms with Crippen LogP contribution in [-0.4, -0.2) is 42.0 Å². The first-order chi connectivity index (χ1) is 18.0. The topological polar surface area (TPSA) is 85.3 Å². The lowest BCUT2D eigenvalue weighted by Crippen LogP contribution is -2.29. The summed E-state index contributed by atoms with van der Waals surface area (Å²) in [5.41, 5.74) is 1.93. The van der Waals surface area contributed by atoms with E-state index in [2.05, 4.69) is 0 Å². The molecule has 0 aliphatic carbocycles. The maximum atomic E-state index is 13.3. The second-order valence-corrected chi connectivity index (χ2v) is 8.63. The van der Waals surface area contributed by atoms with Crippen molar-refractivity contribution in [2.24, 2.45) is 0 Å². The molecular weight excluding hydrogens is 470 g/mol. The SMILES string of the molecule is CCCOc1ccc(/C(O)=C2\C(=O)C(=O)N(Cc3ccccc3)C2c2ccc(OCC)c(OC)c2)cc1. The van der Waals surface area contributed by atoms with Gasteiger partial charge in [0.05, 0.1) is 31.9 Å². The minimum atomic E-state index is -0.819. The minimum Gasteiger partial charge on any atom is -0.507 e. The number of aliphatic hydroxyl groups excluding tert-OH is 1. The van der Waals surface area contributed by atoms with Crippen molar-refractivity contribution in [3.63, 3.8) is 0 Å². The van der Waals surface area contributed by atoms with Gasteiger partial charge in [-0.25, -0.2) is 0 Å². The van der Waals surface area contributed by atoms with Gasteiger partial charge < -0.3 is 24.2 Å². The van der Waals surface area contributed by atoms with Crippen LogP contribution in [0.1, 0.15) is 43.0 Å². The Morgan fingerprint density at radius 2 is 1.65 bits per heavy atom. The number of nitrogens with zero attached hydrogens (tertiary/aromatic N) is 1. The third kappa shape index (κ3) is 5.45. The predicted octanol–water partition coefficient (Wildman–Crippen LogP) is 5.50. The number of hydrogen-bond acceptors (Lipinski definition) is 6. The van der Waals surface area contributed by atoms with Crippen LogP contribution in [0.5, 0.6) is 17.2 Å². The van der Waals surface area contributed by atoms with E-state index in [1.807, 2.05) is 44.2 Å². The second-order valence-electron chi connectivity index (χ2n) is 8.63. The lowest BCUT2D eigenvalue weighted by Gasteiger charge is -2.26. The van der Waals surface area contributed by atoms with Crippen LogP contribution in [0, 0.1) is 0 Å². The van der Waals surface area contributed by atoms with E-state index in [1.54, 1.807) is 42.5 Å². The van der Waals surface area contributed by atoms with E-state index in [-0.39, 0.29) is 17.9 Å². The molecule has 1 N–H and O–H groups in total. The summed E-state index contributed by atoms with van der Waals surface area (Å²) in [7, 11) is 1.53. The average molecular weight is 502 g/mol. The molecule has 1 saturated heterocycles. The number of aliphatic hydroxyl groups is 1. The Morgan fingerprint density at radius 3 is 2.30 bits per heavy atom. The van der Waals surface area contributed by atoms with Crippen molar-refractivity contribution in [1.29, 1.82) is 0 Å². The van der Waals surface area contributed by atoms with Gasteiger partial charge in [-0.15, -0.1) is 0 Å². The highest BCUT2D eigenvalue weighted by Crippen LogP contribution is 2.42. The number of benzene rings is 3. The van der Waals surface area contributed by atoms with Crippen LogP contribution in [-0.2, 0) is 16.1 Å². The van der Waals surface area contributed by atoms with Gasteiger partial charge in [-0.3, -0.25) is 9.59 Å². The number of likely N-dealkylation sites (tertiary alicyclic amines) is 1. The summed E-state index contributed by atoms with van der Waals surface area (Å²) in [6.45, 7) is 5.13. The third-order valence-corrected chi connectivity index (χ3v) is 6.14. The van der Waals surface area contributed by atoms with Crippen molar-refractivity contribution >= 4 is 17.4 Å². The van der Waals surface area contributed by atoms with Gasteiger partial charge in [-0.2, -0.15) is 0 Å². The summed E-state index contributed by atoms with van der Waals surface area (Å²) in [4.78, 5) is 28.1. The van der Waals surface area contributed by atoms with E-state index in [9.17, 15) is 14.7 Å². The summed E-state index contributed by atoms with van der Waals surface area (Å²) >= 11 is 0. The molecule has 1 amide bonds. The summed E-state index contributed by atoms with van der Waals surface area (Å²) < 4.78 is 16.8. The van der Waals surface area contributed by atoms with Crippen molar-refractivity contribution in [1.82, 2.24) is 4.90 Å². The molecule has 1 fully saturated rings. The van der Waals surface area contributed by atoms with E-state index in [1.165, 1.54) is 12.0 Å². The predicted molar refractivity (Wildman–Crippen MR) is 141 cm³/mol. The first-order valence-electron chi connectivity index (χ1n) is 12.3. The highest BCUT2D eigenvalue weighted by Gasteiger charge is 2.46. The zero-order chi connectivity index (χ0) is 26.4. The normalized spacial score (nSPS) is 16.6. The largest absolute Gasteiger partial charge is 0.507 e. The maximum absolute atomic E-state index is 13.3. The Labute approximate surface area is 216 Å². The molecule has 1 atom stereocenters. The fraction of sp³-hybridized carbons (Fsp3) is 0.267. The number of carbonyl (C=O) groups is 2. The minimum absolute atomic E-state index is 0.0226. The van der Waals surface area contributed by atoms with Gasteiger partial charge in [0.2, 0.25) is 0 Å². The molecule has 37 heavy (non-hydrogen) atoms. The van der Waals surface area contributed by atoms with Crippen molar-refractivity contribution in [2.45, 2.75) is 32.9 Å². The highest BCUT2D eigenvalue weighted by atomic mass is 16.5. The fourth-order valence-electron chi connectivity index (χ4n) is 4.38. The molecule has 1 aliphatic rings.